The van der Waals surface area contributed by atoms with Gasteiger partial charge in [-0.05, 0) is 25.7 Å². The number of allylic oxidation sites excluding steroid dienone is 2. The van der Waals surface area contributed by atoms with Gasteiger partial charge in [0.2, 0.25) is 0 Å². The lowest BCUT2D eigenvalue weighted by Crippen LogP contribution is -1.79. The van der Waals surface area contributed by atoms with Crippen LogP contribution >= 0.6 is 0 Å². The van der Waals surface area contributed by atoms with Crippen molar-refractivity contribution in [2.24, 2.45) is 0 Å². The first-order valence-corrected chi connectivity index (χ1v) is 6.00. The summed E-state index contributed by atoms with van der Waals surface area (Å²) in [5.74, 6) is 0. The van der Waals surface area contributed by atoms with Crippen molar-refractivity contribution in [1.82, 2.24) is 0 Å². The van der Waals surface area contributed by atoms with Crippen molar-refractivity contribution in [3.8, 4) is 0 Å². The van der Waals surface area contributed by atoms with Crippen LogP contribution in [0.15, 0.2) is 12.2 Å². The Morgan fingerprint density at radius 3 is 1.93 bits per heavy atom. The van der Waals surface area contributed by atoms with E-state index in [1.807, 2.05) is 0 Å². The molecule has 0 amide bonds. The van der Waals surface area contributed by atoms with Gasteiger partial charge in [0.15, 0.2) is 0 Å². The highest BCUT2D eigenvalue weighted by Crippen LogP contribution is 2.05. The summed E-state index contributed by atoms with van der Waals surface area (Å²) < 4.78 is 0. The molecule has 1 heteroatoms. The van der Waals surface area contributed by atoms with Gasteiger partial charge >= 0.3 is 0 Å². The van der Waals surface area contributed by atoms with Gasteiger partial charge in [-0.3, -0.25) is 0 Å². The molecule has 0 rings (SSSR count). The summed E-state index contributed by atoms with van der Waals surface area (Å²) in [5, 5.41) is 0. The molecule has 0 aromatic rings. The molecule has 0 radical (unpaired) electrons. The third-order valence-electron chi connectivity index (χ3n) is 2.33. The highest BCUT2D eigenvalue weighted by molar-refractivity contribution is 5.48. The van der Waals surface area contributed by atoms with Crippen LogP contribution in [-0.4, -0.2) is 6.29 Å². The summed E-state index contributed by atoms with van der Waals surface area (Å²) in [5.41, 5.74) is 0. The molecular weight excluding hydrogens is 172 g/mol. The standard InChI is InChI=1S/C13H24O/c1-2-3-4-5-6-7-8-9-10-11-12-13-14/h5-6,13H,2-4,7-12H2,1H3/b6-5+. The molecule has 0 spiro atoms. The van der Waals surface area contributed by atoms with Crippen molar-refractivity contribution in [2.45, 2.75) is 64.7 Å². The molecule has 82 valence electrons. The lowest BCUT2D eigenvalue weighted by molar-refractivity contribution is -0.107. The Balaban J connectivity index is 2.97. The van der Waals surface area contributed by atoms with Crippen molar-refractivity contribution < 1.29 is 4.79 Å². The van der Waals surface area contributed by atoms with Crippen LogP contribution in [0.5, 0.6) is 0 Å². The van der Waals surface area contributed by atoms with Crippen molar-refractivity contribution in [1.29, 1.82) is 0 Å². The normalized spacial score (nSPS) is 10.9. The molecule has 0 fully saturated rings. The average molecular weight is 196 g/mol. The number of unbranched alkanes of at least 4 members (excludes halogenated alkanes) is 7. The largest absolute Gasteiger partial charge is 0.303 e. The van der Waals surface area contributed by atoms with Gasteiger partial charge in [0.25, 0.3) is 0 Å². The molecule has 0 aliphatic heterocycles. The van der Waals surface area contributed by atoms with Gasteiger partial charge in [-0.2, -0.15) is 0 Å². The topological polar surface area (TPSA) is 17.1 Å². The van der Waals surface area contributed by atoms with Crippen molar-refractivity contribution in [3.05, 3.63) is 12.2 Å². The lowest BCUT2D eigenvalue weighted by atomic mass is 10.1. The second-order valence-electron chi connectivity index (χ2n) is 3.77. The maximum Gasteiger partial charge on any atom is 0.119 e. The highest BCUT2D eigenvalue weighted by atomic mass is 16.1. The lowest BCUT2D eigenvalue weighted by Gasteiger charge is -1.95. The first kappa shape index (κ1) is 13.4. The van der Waals surface area contributed by atoms with E-state index in [1.54, 1.807) is 0 Å². The van der Waals surface area contributed by atoms with Crippen LogP contribution < -0.4 is 0 Å². The van der Waals surface area contributed by atoms with Gasteiger partial charge < -0.3 is 4.79 Å². The highest BCUT2D eigenvalue weighted by Gasteiger charge is 1.87. The van der Waals surface area contributed by atoms with E-state index in [-0.39, 0.29) is 0 Å². The second-order valence-corrected chi connectivity index (χ2v) is 3.77. The third-order valence-corrected chi connectivity index (χ3v) is 2.33. The number of hydrogen-bond acceptors (Lipinski definition) is 1. The Bertz CT molecular complexity index is 138. The number of carbonyl (C=O) groups excluding carboxylic acids is 1. The maximum atomic E-state index is 10.0. The first-order valence-electron chi connectivity index (χ1n) is 6.00. The van der Waals surface area contributed by atoms with E-state index in [9.17, 15) is 4.79 Å². The molecule has 0 unspecified atom stereocenters. The minimum Gasteiger partial charge on any atom is -0.303 e. The molecule has 0 aromatic carbocycles. The predicted octanol–water partition coefficient (Wildman–Crippen LogP) is 4.27. The molecule has 14 heavy (non-hydrogen) atoms. The first-order chi connectivity index (χ1) is 6.91. The molecule has 0 aliphatic rings. The van der Waals surface area contributed by atoms with Crippen LogP contribution in [0.3, 0.4) is 0 Å². The zero-order valence-corrected chi connectivity index (χ0v) is 9.50. The second kappa shape index (κ2) is 12.4. The number of aldehydes is 1. The zero-order valence-electron chi connectivity index (χ0n) is 9.50. The van der Waals surface area contributed by atoms with E-state index >= 15 is 0 Å². The Labute approximate surface area is 88.6 Å². The Hall–Kier alpha value is -0.590. The van der Waals surface area contributed by atoms with Gasteiger partial charge in [-0.15, -0.1) is 0 Å². The smallest absolute Gasteiger partial charge is 0.119 e. The van der Waals surface area contributed by atoms with E-state index in [1.165, 1.54) is 44.9 Å². The summed E-state index contributed by atoms with van der Waals surface area (Å²) >= 11 is 0. The van der Waals surface area contributed by atoms with E-state index in [0.29, 0.717) is 0 Å². The van der Waals surface area contributed by atoms with Crippen LogP contribution in [0, 0.1) is 0 Å². The Morgan fingerprint density at radius 2 is 1.36 bits per heavy atom. The summed E-state index contributed by atoms with van der Waals surface area (Å²) in [4.78, 5) is 10.0. The van der Waals surface area contributed by atoms with E-state index in [2.05, 4.69) is 19.1 Å². The predicted molar refractivity (Wildman–Crippen MR) is 62.4 cm³/mol. The Morgan fingerprint density at radius 1 is 0.786 bits per heavy atom. The van der Waals surface area contributed by atoms with Crippen LogP contribution in [0.4, 0.5) is 0 Å². The van der Waals surface area contributed by atoms with Gasteiger partial charge in [0, 0.05) is 6.42 Å². The zero-order chi connectivity index (χ0) is 10.5. The minimum atomic E-state index is 0.742. The van der Waals surface area contributed by atoms with E-state index in [0.717, 1.165) is 19.1 Å². The number of hydrogen-bond donors (Lipinski definition) is 0. The fraction of sp³-hybridized carbons (Fsp3) is 0.769. The van der Waals surface area contributed by atoms with Crippen molar-refractivity contribution >= 4 is 6.29 Å². The molecule has 0 saturated carbocycles. The van der Waals surface area contributed by atoms with Gasteiger partial charge in [0.1, 0.15) is 6.29 Å². The monoisotopic (exact) mass is 196 g/mol. The number of rotatable bonds is 10. The molecule has 0 saturated heterocycles. The third kappa shape index (κ3) is 11.4. The summed E-state index contributed by atoms with van der Waals surface area (Å²) in [6, 6.07) is 0. The van der Waals surface area contributed by atoms with Crippen LogP contribution in [-0.2, 0) is 4.79 Å². The van der Waals surface area contributed by atoms with Crippen molar-refractivity contribution in [2.75, 3.05) is 0 Å². The molecular formula is C13H24O. The van der Waals surface area contributed by atoms with Gasteiger partial charge in [-0.1, -0.05) is 44.8 Å². The fourth-order valence-electron chi connectivity index (χ4n) is 1.40. The summed E-state index contributed by atoms with van der Waals surface area (Å²) in [7, 11) is 0. The fourth-order valence-corrected chi connectivity index (χ4v) is 1.40. The quantitative estimate of drug-likeness (QED) is 0.290. The molecule has 0 heterocycles. The summed E-state index contributed by atoms with van der Waals surface area (Å²) in [6.45, 7) is 2.22. The Kier molecular flexibility index (Phi) is 11.9. The van der Waals surface area contributed by atoms with Crippen molar-refractivity contribution in [3.63, 3.8) is 0 Å². The van der Waals surface area contributed by atoms with Crippen LogP contribution in [0.1, 0.15) is 64.7 Å². The average Bonchev–Trinajstić information content (AvgIpc) is 2.21. The summed E-state index contributed by atoms with van der Waals surface area (Å²) in [6.07, 6.45) is 16.2. The van der Waals surface area contributed by atoms with E-state index < -0.39 is 0 Å². The molecule has 1 nitrogen and oxygen atoms in total. The van der Waals surface area contributed by atoms with Crippen LogP contribution in [0.2, 0.25) is 0 Å². The van der Waals surface area contributed by atoms with Crippen LogP contribution in [0.25, 0.3) is 0 Å². The molecule has 0 aliphatic carbocycles. The SMILES string of the molecule is CCCC/C=C/CCCCCCC=O. The molecule has 0 atom stereocenters. The number of carbonyl (C=O) groups is 1. The minimum absolute atomic E-state index is 0.742. The van der Waals surface area contributed by atoms with Gasteiger partial charge in [0.05, 0.1) is 0 Å². The molecule has 0 bridgehead atoms. The van der Waals surface area contributed by atoms with Gasteiger partial charge in [-0.25, -0.2) is 0 Å². The molecule has 0 N–H and O–H groups in total. The molecule has 0 aromatic heterocycles. The van der Waals surface area contributed by atoms with E-state index in [4.69, 9.17) is 0 Å². The maximum absolute atomic E-state index is 10.0.